The lowest BCUT2D eigenvalue weighted by molar-refractivity contribution is -0.385. The highest BCUT2D eigenvalue weighted by Gasteiger charge is 2.11. The first-order chi connectivity index (χ1) is 6.00. The number of rotatable bonds is 2. The fourth-order valence-corrected chi connectivity index (χ4v) is 0.883. The summed E-state index contributed by atoms with van der Waals surface area (Å²) in [6.45, 7) is 1.22. The predicted molar refractivity (Wildman–Crippen MR) is 43.1 cm³/mol. The fraction of sp³-hybridized carbons (Fsp3) is 0.125. The number of ketones is 1. The number of nitro benzene ring substituents is 1. The molecule has 0 saturated heterocycles. The molecular formula is C8H6FNO3. The molecule has 0 aliphatic heterocycles. The third-order valence-corrected chi connectivity index (χ3v) is 1.50. The van der Waals surface area contributed by atoms with Crippen molar-refractivity contribution in [1.29, 1.82) is 0 Å². The number of non-ortho nitro benzene ring substituents is 1. The van der Waals surface area contributed by atoms with Crippen LogP contribution in [0.25, 0.3) is 0 Å². The number of carbonyl (C=O) groups excluding carboxylic acids is 1. The van der Waals surface area contributed by atoms with Crippen molar-refractivity contribution in [1.82, 2.24) is 0 Å². The van der Waals surface area contributed by atoms with Gasteiger partial charge in [-0.25, -0.2) is 4.39 Å². The lowest BCUT2D eigenvalue weighted by Gasteiger charge is -1.96. The van der Waals surface area contributed by atoms with Crippen molar-refractivity contribution in [2.45, 2.75) is 6.92 Å². The number of nitrogens with zero attached hydrogens (tertiary/aromatic N) is 1. The van der Waals surface area contributed by atoms with E-state index in [1.54, 1.807) is 0 Å². The maximum atomic E-state index is 12.7. The molecule has 1 rings (SSSR count). The van der Waals surface area contributed by atoms with E-state index in [1.165, 1.54) is 6.92 Å². The Kier molecular flexibility index (Phi) is 2.36. The molecule has 0 aromatic heterocycles. The summed E-state index contributed by atoms with van der Waals surface area (Å²) >= 11 is 0. The van der Waals surface area contributed by atoms with Crippen LogP contribution in [0.1, 0.15) is 17.3 Å². The van der Waals surface area contributed by atoms with Crippen molar-refractivity contribution in [3.63, 3.8) is 0 Å². The van der Waals surface area contributed by atoms with Crippen LogP contribution in [0.5, 0.6) is 0 Å². The molecule has 0 N–H and O–H groups in total. The van der Waals surface area contributed by atoms with Crippen LogP contribution < -0.4 is 0 Å². The van der Waals surface area contributed by atoms with Gasteiger partial charge in [-0.15, -0.1) is 0 Å². The standard InChI is InChI=1S/C8H6FNO3/c1-5(11)6-2-7(9)4-8(3-6)10(12)13/h2-4H,1H3. The molecule has 0 heterocycles. The Morgan fingerprint density at radius 2 is 2.08 bits per heavy atom. The summed E-state index contributed by atoms with van der Waals surface area (Å²) in [5.74, 6) is -1.18. The molecule has 0 spiro atoms. The smallest absolute Gasteiger partial charge is 0.273 e. The van der Waals surface area contributed by atoms with Crippen molar-refractivity contribution in [2.75, 3.05) is 0 Å². The van der Waals surface area contributed by atoms with Crippen LogP contribution in [-0.4, -0.2) is 10.7 Å². The molecule has 0 amide bonds. The summed E-state index contributed by atoms with van der Waals surface area (Å²) in [6.07, 6.45) is 0. The van der Waals surface area contributed by atoms with Gasteiger partial charge in [-0.2, -0.15) is 0 Å². The average molecular weight is 183 g/mol. The van der Waals surface area contributed by atoms with Crippen molar-refractivity contribution in [3.05, 3.63) is 39.7 Å². The number of nitro groups is 1. The lowest BCUT2D eigenvalue weighted by atomic mass is 10.1. The van der Waals surface area contributed by atoms with E-state index in [1.807, 2.05) is 0 Å². The number of hydrogen-bond donors (Lipinski definition) is 0. The summed E-state index contributed by atoms with van der Waals surface area (Å²) < 4.78 is 12.7. The Morgan fingerprint density at radius 1 is 1.46 bits per heavy atom. The van der Waals surface area contributed by atoms with Gasteiger partial charge >= 0.3 is 0 Å². The quantitative estimate of drug-likeness (QED) is 0.400. The Hall–Kier alpha value is -1.78. The van der Waals surface area contributed by atoms with E-state index in [9.17, 15) is 19.3 Å². The summed E-state index contributed by atoms with van der Waals surface area (Å²) in [5, 5.41) is 10.3. The summed E-state index contributed by atoms with van der Waals surface area (Å²) in [6, 6.07) is 2.78. The monoisotopic (exact) mass is 183 g/mol. The number of halogens is 1. The second kappa shape index (κ2) is 3.30. The molecular weight excluding hydrogens is 177 g/mol. The maximum Gasteiger partial charge on any atom is 0.273 e. The van der Waals surface area contributed by atoms with Crippen molar-refractivity contribution < 1.29 is 14.1 Å². The molecule has 1 aromatic carbocycles. The van der Waals surface area contributed by atoms with Gasteiger partial charge in [-0.3, -0.25) is 14.9 Å². The van der Waals surface area contributed by atoms with Crippen LogP contribution >= 0.6 is 0 Å². The second-order valence-corrected chi connectivity index (χ2v) is 2.51. The minimum absolute atomic E-state index is 0.00620. The third kappa shape index (κ3) is 2.08. The minimum Gasteiger partial charge on any atom is -0.295 e. The maximum absolute atomic E-state index is 12.7. The molecule has 5 heteroatoms. The molecule has 0 unspecified atom stereocenters. The highest BCUT2D eigenvalue weighted by atomic mass is 19.1. The van der Waals surface area contributed by atoms with Crippen LogP contribution in [0, 0.1) is 15.9 Å². The fourth-order valence-electron chi connectivity index (χ4n) is 0.883. The first kappa shape index (κ1) is 9.31. The van der Waals surface area contributed by atoms with Crippen molar-refractivity contribution in [2.24, 2.45) is 0 Å². The molecule has 0 radical (unpaired) electrons. The summed E-state index contributed by atoms with van der Waals surface area (Å²) in [7, 11) is 0. The van der Waals surface area contributed by atoms with Gasteiger partial charge in [0.25, 0.3) is 5.69 Å². The van der Waals surface area contributed by atoms with E-state index in [0.29, 0.717) is 0 Å². The largest absolute Gasteiger partial charge is 0.295 e. The zero-order valence-electron chi connectivity index (χ0n) is 6.78. The van der Waals surface area contributed by atoms with Gasteiger partial charge in [0.2, 0.25) is 0 Å². The molecule has 0 saturated carbocycles. The SMILES string of the molecule is CC(=O)c1cc(F)cc([N+](=O)[O-])c1. The second-order valence-electron chi connectivity index (χ2n) is 2.51. The highest BCUT2D eigenvalue weighted by Crippen LogP contribution is 2.16. The minimum atomic E-state index is -0.778. The third-order valence-electron chi connectivity index (χ3n) is 1.50. The van der Waals surface area contributed by atoms with Gasteiger partial charge in [0, 0.05) is 11.6 Å². The van der Waals surface area contributed by atoms with Gasteiger partial charge < -0.3 is 0 Å². The average Bonchev–Trinajstić information content (AvgIpc) is 2.03. The van der Waals surface area contributed by atoms with E-state index in [4.69, 9.17) is 0 Å². The molecule has 1 aromatic rings. The van der Waals surface area contributed by atoms with E-state index in [0.717, 1.165) is 18.2 Å². The first-order valence-electron chi connectivity index (χ1n) is 3.46. The molecule has 0 atom stereocenters. The van der Waals surface area contributed by atoms with Gasteiger partial charge in [-0.05, 0) is 13.0 Å². The van der Waals surface area contributed by atoms with E-state index >= 15 is 0 Å². The van der Waals surface area contributed by atoms with Crippen molar-refractivity contribution in [3.8, 4) is 0 Å². The molecule has 0 fully saturated rings. The molecule has 0 bridgehead atoms. The number of hydrogen-bond acceptors (Lipinski definition) is 3. The van der Waals surface area contributed by atoms with Crippen LogP contribution in [0.4, 0.5) is 10.1 Å². The Balaban J connectivity index is 3.26. The predicted octanol–water partition coefficient (Wildman–Crippen LogP) is 1.94. The molecule has 4 nitrogen and oxygen atoms in total. The Bertz CT molecular complexity index is 343. The zero-order valence-corrected chi connectivity index (χ0v) is 6.78. The summed E-state index contributed by atoms with van der Waals surface area (Å²) in [5.41, 5.74) is -0.406. The topological polar surface area (TPSA) is 60.2 Å². The normalized spacial score (nSPS) is 9.69. The Morgan fingerprint density at radius 3 is 2.54 bits per heavy atom. The van der Waals surface area contributed by atoms with E-state index in [2.05, 4.69) is 0 Å². The van der Waals surface area contributed by atoms with Crippen LogP contribution in [0.3, 0.4) is 0 Å². The summed E-state index contributed by atoms with van der Waals surface area (Å²) in [4.78, 5) is 20.3. The van der Waals surface area contributed by atoms with Gasteiger partial charge in [0.05, 0.1) is 11.0 Å². The van der Waals surface area contributed by atoms with Crippen LogP contribution in [-0.2, 0) is 0 Å². The number of benzene rings is 1. The Labute approximate surface area is 73.1 Å². The highest BCUT2D eigenvalue weighted by molar-refractivity contribution is 5.94. The molecule has 68 valence electrons. The van der Waals surface area contributed by atoms with Gasteiger partial charge in [0.15, 0.2) is 5.78 Å². The first-order valence-corrected chi connectivity index (χ1v) is 3.46. The van der Waals surface area contributed by atoms with Gasteiger partial charge in [-0.1, -0.05) is 0 Å². The van der Waals surface area contributed by atoms with Crippen LogP contribution in [0.2, 0.25) is 0 Å². The molecule has 0 aliphatic rings. The van der Waals surface area contributed by atoms with E-state index in [-0.39, 0.29) is 5.56 Å². The lowest BCUT2D eigenvalue weighted by Crippen LogP contribution is -1.96. The van der Waals surface area contributed by atoms with Crippen LogP contribution in [0.15, 0.2) is 18.2 Å². The number of Topliss-reactive ketones (excluding diaryl/α,β-unsaturated/α-hetero) is 1. The number of carbonyl (C=O) groups is 1. The van der Waals surface area contributed by atoms with Crippen molar-refractivity contribution >= 4 is 11.5 Å². The molecule has 0 aliphatic carbocycles. The van der Waals surface area contributed by atoms with E-state index < -0.39 is 22.2 Å². The van der Waals surface area contributed by atoms with Gasteiger partial charge in [0.1, 0.15) is 5.82 Å². The zero-order chi connectivity index (χ0) is 10.0. The molecule has 13 heavy (non-hydrogen) atoms.